The standard InChI is InChI=1S/C10H12N6O/c1-3-7-14-9(16-10(11)15-7)6-4-8(17-2)13-5-12-6/h4-5H,3H2,1-2H3,(H2,11,14,15,16). The van der Waals surface area contributed by atoms with E-state index in [1.807, 2.05) is 6.92 Å². The van der Waals surface area contributed by atoms with Crippen LogP contribution in [0.2, 0.25) is 0 Å². The number of anilines is 1. The number of rotatable bonds is 3. The fourth-order valence-corrected chi connectivity index (χ4v) is 1.28. The first-order chi connectivity index (χ1) is 8.22. The molecular weight excluding hydrogens is 220 g/mol. The second kappa shape index (κ2) is 4.69. The molecule has 7 heteroatoms. The third-order valence-corrected chi connectivity index (χ3v) is 2.10. The lowest BCUT2D eigenvalue weighted by atomic mass is 10.3. The number of nitrogens with two attached hydrogens (primary N) is 1. The Kier molecular flexibility index (Phi) is 3.08. The Morgan fingerprint density at radius 1 is 1.24 bits per heavy atom. The fourth-order valence-electron chi connectivity index (χ4n) is 1.28. The van der Waals surface area contributed by atoms with Crippen molar-refractivity contribution in [3.63, 3.8) is 0 Å². The van der Waals surface area contributed by atoms with Gasteiger partial charge in [-0.3, -0.25) is 0 Å². The number of nitrogen functional groups attached to an aromatic ring is 1. The minimum absolute atomic E-state index is 0.185. The van der Waals surface area contributed by atoms with Gasteiger partial charge in [0.25, 0.3) is 0 Å². The lowest BCUT2D eigenvalue weighted by Crippen LogP contribution is -2.05. The summed E-state index contributed by atoms with van der Waals surface area (Å²) in [6, 6.07) is 1.65. The van der Waals surface area contributed by atoms with Gasteiger partial charge in [-0.25, -0.2) is 15.0 Å². The Morgan fingerprint density at radius 3 is 2.76 bits per heavy atom. The Bertz CT molecular complexity index is 530. The highest BCUT2D eigenvalue weighted by Crippen LogP contribution is 2.16. The van der Waals surface area contributed by atoms with Crippen molar-refractivity contribution in [3.05, 3.63) is 18.2 Å². The second-order valence-corrected chi connectivity index (χ2v) is 3.23. The van der Waals surface area contributed by atoms with E-state index in [2.05, 4.69) is 24.9 Å². The van der Waals surface area contributed by atoms with Crippen LogP contribution in [0.3, 0.4) is 0 Å². The van der Waals surface area contributed by atoms with E-state index >= 15 is 0 Å². The maximum absolute atomic E-state index is 5.61. The van der Waals surface area contributed by atoms with Gasteiger partial charge in [-0.2, -0.15) is 9.97 Å². The van der Waals surface area contributed by atoms with E-state index in [0.717, 1.165) is 0 Å². The van der Waals surface area contributed by atoms with Crippen molar-refractivity contribution < 1.29 is 4.74 Å². The minimum Gasteiger partial charge on any atom is -0.481 e. The van der Waals surface area contributed by atoms with Crippen LogP contribution in [-0.4, -0.2) is 32.0 Å². The van der Waals surface area contributed by atoms with Crippen LogP contribution in [0.4, 0.5) is 5.95 Å². The zero-order chi connectivity index (χ0) is 12.3. The molecule has 0 bridgehead atoms. The molecule has 0 fully saturated rings. The van der Waals surface area contributed by atoms with Gasteiger partial charge in [-0.15, -0.1) is 0 Å². The highest BCUT2D eigenvalue weighted by Gasteiger charge is 2.08. The monoisotopic (exact) mass is 232 g/mol. The summed E-state index contributed by atoms with van der Waals surface area (Å²) in [6.07, 6.45) is 2.07. The van der Waals surface area contributed by atoms with Crippen LogP contribution in [0.15, 0.2) is 12.4 Å². The molecule has 0 saturated carbocycles. The zero-order valence-corrected chi connectivity index (χ0v) is 9.58. The summed E-state index contributed by atoms with van der Waals surface area (Å²) < 4.78 is 5.01. The Hall–Kier alpha value is -2.31. The van der Waals surface area contributed by atoms with Gasteiger partial charge in [0, 0.05) is 12.5 Å². The average Bonchev–Trinajstić information content (AvgIpc) is 2.38. The van der Waals surface area contributed by atoms with Gasteiger partial charge < -0.3 is 10.5 Å². The van der Waals surface area contributed by atoms with Gasteiger partial charge in [-0.05, 0) is 0 Å². The SMILES string of the molecule is CCc1nc(N)nc(-c2cc(OC)ncn2)n1. The van der Waals surface area contributed by atoms with E-state index in [0.29, 0.717) is 29.6 Å². The fraction of sp³-hybridized carbons (Fsp3) is 0.300. The number of aromatic nitrogens is 5. The summed E-state index contributed by atoms with van der Waals surface area (Å²) in [6.45, 7) is 1.94. The van der Waals surface area contributed by atoms with Crippen LogP contribution in [-0.2, 0) is 6.42 Å². The van der Waals surface area contributed by atoms with Crippen LogP contribution in [0, 0.1) is 0 Å². The lowest BCUT2D eigenvalue weighted by molar-refractivity contribution is 0.397. The van der Waals surface area contributed by atoms with E-state index in [4.69, 9.17) is 10.5 Å². The van der Waals surface area contributed by atoms with Gasteiger partial charge in [0.05, 0.1) is 7.11 Å². The summed E-state index contributed by atoms with van der Waals surface area (Å²) >= 11 is 0. The largest absolute Gasteiger partial charge is 0.481 e. The molecule has 0 aliphatic carbocycles. The highest BCUT2D eigenvalue weighted by molar-refractivity contribution is 5.51. The van der Waals surface area contributed by atoms with E-state index in [9.17, 15) is 0 Å². The summed E-state index contributed by atoms with van der Waals surface area (Å²) in [5, 5.41) is 0. The zero-order valence-electron chi connectivity index (χ0n) is 9.58. The molecular formula is C10H12N6O. The first kappa shape index (κ1) is 11.2. The molecule has 7 nitrogen and oxygen atoms in total. The van der Waals surface area contributed by atoms with Crippen molar-refractivity contribution in [1.29, 1.82) is 0 Å². The quantitative estimate of drug-likeness (QED) is 0.821. The predicted octanol–water partition coefficient (Wildman–Crippen LogP) is 0.482. The second-order valence-electron chi connectivity index (χ2n) is 3.23. The van der Waals surface area contributed by atoms with Crippen molar-refractivity contribution in [1.82, 2.24) is 24.9 Å². The van der Waals surface area contributed by atoms with Crippen molar-refractivity contribution in [2.45, 2.75) is 13.3 Å². The molecule has 2 aromatic rings. The molecule has 17 heavy (non-hydrogen) atoms. The van der Waals surface area contributed by atoms with E-state index < -0.39 is 0 Å². The van der Waals surface area contributed by atoms with Crippen LogP contribution in [0.5, 0.6) is 5.88 Å². The Balaban J connectivity index is 2.47. The third kappa shape index (κ3) is 2.44. The molecule has 2 heterocycles. The predicted molar refractivity (Wildman–Crippen MR) is 61.2 cm³/mol. The molecule has 2 aromatic heterocycles. The topological polar surface area (TPSA) is 99.7 Å². The first-order valence-electron chi connectivity index (χ1n) is 5.09. The first-order valence-corrected chi connectivity index (χ1v) is 5.09. The summed E-state index contributed by atoms with van der Waals surface area (Å²) in [4.78, 5) is 20.3. The molecule has 0 unspecified atom stereocenters. The highest BCUT2D eigenvalue weighted by atomic mass is 16.5. The van der Waals surface area contributed by atoms with Crippen LogP contribution < -0.4 is 10.5 Å². The summed E-state index contributed by atoms with van der Waals surface area (Å²) in [5.41, 5.74) is 6.16. The summed E-state index contributed by atoms with van der Waals surface area (Å²) in [5.74, 6) is 1.69. The van der Waals surface area contributed by atoms with Crippen molar-refractivity contribution in [2.75, 3.05) is 12.8 Å². The number of hydrogen-bond donors (Lipinski definition) is 1. The molecule has 0 atom stereocenters. The van der Waals surface area contributed by atoms with Gasteiger partial charge in [0.15, 0.2) is 5.82 Å². The molecule has 88 valence electrons. The number of hydrogen-bond acceptors (Lipinski definition) is 7. The molecule has 0 amide bonds. The summed E-state index contributed by atoms with van der Waals surface area (Å²) in [7, 11) is 1.53. The van der Waals surface area contributed by atoms with Crippen LogP contribution in [0.1, 0.15) is 12.7 Å². The number of aryl methyl sites for hydroxylation is 1. The minimum atomic E-state index is 0.185. The average molecular weight is 232 g/mol. The number of methoxy groups -OCH3 is 1. The van der Waals surface area contributed by atoms with E-state index in [-0.39, 0.29) is 5.95 Å². The third-order valence-electron chi connectivity index (χ3n) is 2.10. The normalized spacial score (nSPS) is 10.2. The molecule has 0 aliphatic rings. The molecule has 0 aliphatic heterocycles. The molecule has 0 saturated heterocycles. The van der Waals surface area contributed by atoms with Gasteiger partial charge >= 0.3 is 0 Å². The van der Waals surface area contributed by atoms with Gasteiger partial charge in [0.2, 0.25) is 11.8 Å². The van der Waals surface area contributed by atoms with Crippen molar-refractivity contribution in [2.24, 2.45) is 0 Å². The molecule has 0 aromatic carbocycles. The molecule has 2 rings (SSSR count). The maximum atomic E-state index is 5.61. The van der Waals surface area contributed by atoms with Gasteiger partial charge in [0.1, 0.15) is 17.8 Å². The molecule has 2 N–H and O–H groups in total. The van der Waals surface area contributed by atoms with Gasteiger partial charge in [-0.1, -0.05) is 6.92 Å². The molecule has 0 radical (unpaired) electrons. The smallest absolute Gasteiger partial charge is 0.223 e. The van der Waals surface area contributed by atoms with Crippen molar-refractivity contribution in [3.8, 4) is 17.4 Å². The maximum Gasteiger partial charge on any atom is 0.223 e. The van der Waals surface area contributed by atoms with Crippen molar-refractivity contribution >= 4 is 5.95 Å². The lowest BCUT2D eigenvalue weighted by Gasteiger charge is -2.03. The number of nitrogens with zero attached hydrogens (tertiary/aromatic N) is 5. The number of ether oxygens (including phenoxy) is 1. The van der Waals surface area contributed by atoms with E-state index in [1.165, 1.54) is 13.4 Å². The molecule has 0 spiro atoms. The van der Waals surface area contributed by atoms with Crippen LogP contribution >= 0.6 is 0 Å². The Labute approximate surface area is 98.1 Å². The van der Waals surface area contributed by atoms with Crippen LogP contribution in [0.25, 0.3) is 11.5 Å². The van der Waals surface area contributed by atoms with E-state index in [1.54, 1.807) is 6.07 Å². The Morgan fingerprint density at radius 2 is 2.06 bits per heavy atom.